The highest BCUT2D eigenvalue weighted by Gasteiger charge is 2.30. The number of benzene rings is 3. The number of halogens is 1. The van der Waals surface area contributed by atoms with Gasteiger partial charge in [-0.3, -0.25) is 9.69 Å². The van der Waals surface area contributed by atoms with E-state index in [1.165, 1.54) is 0 Å². The number of hydrogen-bond donors (Lipinski definition) is 0. The Morgan fingerprint density at radius 2 is 1.53 bits per heavy atom. The zero-order valence-corrected chi connectivity index (χ0v) is 20.5. The summed E-state index contributed by atoms with van der Waals surface area (Å²) in [6.45, 7) is 0. The molecule has 168 valence electrons. The Labute approximate surface area is 207 Å². The molecule has 0 aliphatic carbocycles. The Balaban J connectivity index is 1.52. The van der Waals surface area contributed by atoms with Gasteiger partial charge in [-0.25, -0.2) is 0 Å². The van der Waals surface area contributed by atoms with Crippen LogP contribution in [-0.2, 0) is 4.79 Å². The first-order valence-corrected chi connectivity index (χ1v) is 11.8. The van der Waals surface area contributed by atoms with Crippen LogP contribution in [0, 0.1) is 0 Å². The quantitative estimate of drug-likeness (QED) is 0.265. The largest absolute Gasteiger partial charge is 0.457 e. The maximum absolute atomic E-state index is 13.6. The zero-order chi connectivity index (χ0) is 23.7. The summed E-state index contributed by atoms with van der Waals surface area (Å²) in [5, 5.41) is 0. The first-order chi connectivity index (χ1) is 16.5. The molecular weight excluding hydrogens is 488 g/mol. The van der Waals surface area contributed by atoms with Gasteiger partial charge >= 0.3 is 0 Å². The van der Waals surface area contributed by atoms with Gasteiger partial charge in [0.15, 0.2) is 0 Å². The van der Waals surface area contributed by atoms with Gasteiger partial charge in [0.1, 0.15) is 11.5 Å². The molecule has 1 amide bonds. The van der Waals surface area contributed by atoms with Gasteiger partial charge in [0.05, 0.1) is 5.70 Å². The molecule has 5 heteroatoms. The minimum atomic E-state index is -0.0851. The highest BCUT2D eigenvalue weighted by molar-refractivity contribution is 9.10. The fraction of sp³-hybridized carbons (Fsp3) is 0.0690. The van der Waals surface area contributed by atoms with Crippen molar-refractivity contribution < 1.29 is 9.21 Å². The first-order valence-electron chi connectivity index (χ1n) is 11.0. The smallest absolute Gasteiger partial charge is 0.263 e. The summed E-state index contributed by atoms with van der Waals surface area (Å²) in [7, 11) is 4.00. The van der Waals surface area contributed by atoms with Crippen molar-refractivity contribution in [3.63, 3.8) is 0 Å². The Hall–Kier alpha value is -3.83. The number of anilines is 2. The van der Waals surface area contributed by atoms with Crippen molar-refractivity contribution in [2.75, 3.05) is 23.9 Å². The van der Waals surface area contributed by atoms with E-state index in [1.54, 1.807) is 4.90 Å². The van der Waals surface area contributed by atoms with E-state index in [2.05, 4.69) is 15.9 Å². The summed E-state index contributed by atoms with van der Waals surface area (Å²) in [4.78, 5) is 17.4. The predicted molar refractivity (Wildman–Crippen MR) is 142 cm³/mol. The fourth-order valence-corrected chi connectivity index (χ4v) is 4.21. The van der Waals surface area contributed by atoms with Gasteiger partial charge in [0.2, 0.25) is 0 Å². The number of amides is 1. The van der Waals surface area contributed by atoms with Crippen LogP contribution < -0.4 is 9.80 Å². The van der Waals surface area contributed by atoms with Crippen LogP contribution in [0.25, 0.3) is 23.1 Å². The van der Waals surface area contributed by atoms with Crippen LogP contribution in [0.5, 0.6) is 0 Å². The normalized spacial score (nSPS) is 14.6. The van der Waals surface area contributed by atoms with Crippen molar-refractivity contribution >= 4 is 45.0 Å². The molecule has 0 radical (unpaired) electrons. The van der Waals surface area contributed by atoms with Gasteiger partial charge in [-0.05, 0) is 66.2 Å². The lowest BCUT2D eigenvalue weighted by molar-refractivity contribution is -0.113. The summed E-state index contributed by atoms with van der Waals surface area (Å²) >= 11 is 3.46. The molecule has 0 saturated heterocycles. The van der Waals surface area contributed by atoms with E-state index in [4.69, 9.17) is 4.42 Å². The van der Waals surface area contributed by atoms with Gasteiger partial charge in [0.25, 0.3) is 5.91 Å². The third-order valence-corrected chi connectivity index (χ3v) is 6.26. The van der Waals surface area contributed by atoms with Crippen LogP contribution in [0.2, 0.25) is 0 Å². The number of carbonyl (C=O) groups is 1. The molecule has 4 nitrogen and oxygen atoms in total. The Bertz CT molecular complexity index is 1380. The molecule has 1 aliphatic heterocycles. The van der Waals surface area contributed by atoms with Crippen molar-refractivity contribution in [3.8, 4) is 11.3 Å². The van der Waals surface area contributed by atoms with E-state index < -0.39 is 0 Å². The number of nitrogens with zero attached hydrogens (tertiary/aromatic N) is 2. The second-order valence-corrected chi connectivity index (χ2v) is 9.17. The molecule has 4 aromatic rings. The van der Waals surface area contributed by atoms with Gasteiger partial charge in [-0.2, -0.15) is 0 Å². The molecule has 0 spiro atoms. The van der Waals surface area contributed by atoms with Crippen molar-refractivity contribution in [1.29, 1.82) is 0 Å². The van der Waals surface area contributed by atoms with Crippen molar-refractivity contribution in [2.24, 2.45) is 0 Å². The van der Waals surface area contributed by atoms with E-state index in [1.807, 2.05) is 122 Å². The number of carbonyl (C=O) groups excluding carboxylic acids is 1. The summed E-state index contributed by atoms with van der Waals surface area (Å²) in [6, 6.07) is 29.7. The molecule has 0 fully saturated rings. The number of furan rings is 1. The molecule has 2 heterocycles. The summed E-state index contributed by atoms with van der Waals surface area (Å²) in [5.74, 6) is 1.31. The summed E-state index contributed by atoms with van der Waals surface area (Å²) in [5.41, 5.74) is 5.28. The second kappa shape index (κ2) is 9.20. The van der Waals surface area contributed by atoms with Crippen LogP contribution in [0.1, 0.15) is 11.3 Å². The molecule has 1 aliphatic rings. The van der Waals surface area contributed by atoms with Crippen LogP contribution in [0.4, 0.5) is 11.4 Å². The van der Waals surface area contributed by atoms with Gasteiger partial charge in [0, 0.05) is 41.1 Å². The van der Waals surface area contributed by atoms with E-state index in [0.717, 1.165) is 38.4 Å². The maximum atomic E-state index is 13.6. The molecule has 0 atom stereocenters. The van der Waals surface area contributed by atoms with Gasteiger partial charge < -0.3 is 9.32 Å². The lowest BCUT2D eigenvalue weighted by Gasteiger charge is -2.22. The molecule has 1 aromatic heterocycles. The molecule has 0 bridgehead atoms. The monoisotopic (exact) mass is 510 g/mol. The van der Waals surface area contributed by atoms with Crippen molar-refractivity contribution in [2.45, 2.75) is 0 Å². The lowest BCUT2D eigenvalue weighted by atomic mass is 10.1. The SMILES string of the molecule is CN(C)c1ccc(N2C(=O)/C(=C/c3ccc(-c4ccc(Br)cc4)o3)C=C2c2ccccc2)cc1. The minimum absolute atomic E-state index is 0.0851. The average molecular weight is 511 g/mol. The molecule has 0 saturated carbocycles. The molecule has 0 N–H and O–H groups in total. The van der Waals surface area contributed by atoms with E-state index in [-0.39, 0.29) is 5.91 Å². The zero-order valence-electron chi connectivity index (χ0n) is 18.9. The minimum Gasteiger partial charge on any atom is -0.457 e. The van der Waals surface area contributed by atoms with Crippen LogP contribution in [0.3, 0.4) is 0 Å². The molecule has 3 aromatic carbocycles. The van der Waals surface area contributed by atoms with E-state index >= 15 is 0 Å². The van der Waals surface area contributed by atoms with Crippen LogP contribution >= 0.6 is 15.9 Å². The average Bonchev–Trinajstić information content (AvgIpc) is 3.45. The molecular formula is C29H23BrN2O2. The third kappa shape index (κ3) is 4.35. The summed E-state index contributed by atoms with van der Waals surface area (Å²) in [6.07, 6.45) is 3.74. The van der Waals surface area contributed by atoms with E-state index in [0.29, 0.717) is 11.3 Å². The van der Waals surface area contributed by atoms with Gasteiger partial charge in [-0.15, -0.1) is 0 Å². The standard InChI is InChI=1S/C29H23BrN2O2/c1-31(2)24-12-14-25(15-13-24)32-27(20-6-4-3-5-7-20)19-22(29(32)33)18-26-16-17-28(34-26)21-8-10-23(30)11-9-21/h3-19H,1-2H3/b22-18+. The van der Waals surface area contributed by atoms with Crippen LogP contribution in [0.15, 0.2) is 112 Å². The molecule has 0 unspecified atom stereocenters. The van der Waals surface area contributed by atoms with Crippen LogP contribution in [-0.4, -0.2) is 20.0 Å². The summed E-state index contributed by atoms with van der Waals surface area (Å²) < 4.78 is 7.06. The first kappa shape index (κ1) is 22.0. The predicted octanol–water partition coefficient (Wildman–Crippen LogP) is 7.25. The van der Waals surface area contributed by atoms with Gasteiger partial charge in [-0.1, -0.05) is 58.4 Å². The highest BCUT2D eigenvalue weighted by atomic mass is 79.9. The Morgan fingerprint density at radius 1 is 0.824 bits per heavy atom. The third-order valence-electron chi connectivity index (χ3n) is 5.73. The van der Waals surface area contributed by atoms with Crippen molar-refractivity contribution in [1.82, 2.24) is 0 Å². The molecule has 5 rings (SSSR count). The number of hydrogen-bond acceptors (Lipinski definition) is 3. The van der Waals surface area contributed by atoms with Crippen molar-refractivity contribution in [3.05, 3.63) is 118 Å². The van der Waals surface area contributed by atoms with E-state index in [9.17, 15) is 4.79 Å². The Morgan fingerprint density at radius 3 is 2.21 bits per heavy atom. The lowest BCUT2D eigenvalue weighted by Crippen LogP contribution is -2.25. The topological polar surface area (TPSA) is 36.7 Å². The maximum Gasteiger partial charge on any atom is 0.263 e. The number of rotatable bonds is 5. The highest BCUT2D eigenvalue weighted by Crippen LogP contribution is 2.36. The molecule has 34 heavy (non-hydrogen) atoms. The second-order valence-electron chi connectivity index (χ2n) is 8.26. The fourth-order valence-electron chi connectivity index (χ4n) is 3.95. The Kier molecular flexibility index (Phi) is 5.95.